The molecule has 0 rings (SSSR count). The van der Waals surface area contributed by atoms with Crippen molar-refractivity contribution in [2.45, 2.75) is 20.8 Å². The van der Waals surface area contributed by atoms with Gasteiger partial charge in [0.1, 0.15) is 6.34 Å². The van der Waals surface area contributed by atoms with Gasteiger partial charge in [-0.25, -0.2) is 9.98 Å². The van der Waals surface area contributed by atoms with Gasteiger partial charge < -0.3 is 0 Å². The molecule has 0 aromatic rings. The number of hydrogen-bond acceptors (Lipinski definition) is 1. The summed E-state index contributed by atoms with van der Waals surface area (Å²) in [5.41, 5.74) is 0.961. The average molecular weight is 164 g/mol. The van der Waals surface area contributed by atoms with Gasteiger partial charge >= 0.3 is 0 Å². The maximum absolute atomic E-state index is 4.13. The highest BCUT2D eigenvalue weighted by atomic mass is 14.8. The van der Waals surface area contributed by atoms with E-state index in [2.05, 4.69) is 30.4 Å². The molecule has 0 saturated heterocycles. The highest BCUT2D eigenvalue weighted by molar-refractivity contribution is 6.00. The van der Waals surface area contributed by atoms with Crippen LogP contribution >= 0.6 is 0 Å². The molecule has 0 aliphatic rings. The van der Waals surface area contributed by atoms with Crippen molar-refractivity contribution in [3.05, 3.63) is 24.9 Å². The van der Waals surface area contributed by atoms with Gasteiger partial charge in [-0.3, -0.25) is 0 Å². The molecular formula is C10H16N2. The summed E-state index contributed by atoms with van der Waals surface area (Å²) in [4.78, 5) is 8.05. The summed E-state index contributed by atoms with van der Waals surface area (Å²) in [5.74, 6) is 0.402. The molecule has 0 saturated carbocycles. The van der Waals surface area contributed by atoms with E-state index in [1.54, 1.807) is 12.3 Å². The fraction of sp³-hybridized carbons (Fsp3) is 0.400. The molecule has 0 spiro atoms. The first-order valence-corrected chi connectivity index (χ1v) is 4.05. The topological polar surface area (TPSA) is 24.7 Å². The van der Waals surface area contributed by atoms with Crippen LogP contribution < -0.4 is 0 Å². The number of rotatable bonds is 4. The monoisotopic (exact) mass is 164 g/mol. The SMILES string of the molecule is C=CC(=NC=N/C=C\C)C(C)C. The van der Waals surface area contributed by atoms with E-state index in [-0.39, 0.29) is 0 Å². The van der Waals surface area contributed by atoms with E-state index in [0.717, 1.165) is 5.71 Å². The van der Waals surface area contributed by atoms with E-state index < -0.39 is 0 Å². The molecule has 12 heavy (non-hydrogen) atoms. The van der Waals surface area contributed by atoms with Gasteiger partial charge in [0.05, 0.1) is 0 Å². The predicted molar refractivity (Wildman–Crippen MR) is 55.8 cm³/mol. The molecule has 0 radical (unpaired) electrons. The normalized spacial score (nSPS) is 13.5. The van der Waals surface area contributed by atoms with Crippen LogP contribution in [0, 0.1) is 5.92 Å². The van der Waals surface area contributed by atoms with Gasteiger partial charge in [-0.15, -0.1) is 0 Å². The minimum Gasteiger partial charge on any atom is -0.245 e. The van der Waals surface area contributed by atoms with Crippen LogP contribution in [-0.2, 0) is 0 Å². The van der Waals surface area contributed by atoms with E-state index in [9.17, 15) is 0 Å². The lowest BCUT2D eigenvalue weighted by Gasteiger charge is -2.00. The molecule has 0 fully saturated rings. The van der Waals surface area contributed by atoms with Gasteiger partial charge in [0.2, 0.25) is 0 Å². The second-order valence-electron chi connectivity index (χ2n) is 2.66. The third-order valence-corrected chi connectivity index (χ3v) is 1.31. The molecule has 0 aromatic heterocycles. The Morgan fingerprint density at radius 2 is 2.08 bits per heavy atom. The molecule has 0 heterocycles. The maximum Gasteiger partial charge on any atom is 0.115 e. The lowest BCUT2D eigenvalue weighted by Crippen LogP contribution is -2.02. The van der Waals surface area contributed by atoms with E-state index in [1.165, 1.54) is 6.34 Å². The van der Waals surface area contributed by atoms with Gasteiger partial charge in [-0.1, -0.05) is 26.5 Å². The summed E-state index contributed by atoms with van der Waals surface area (Å²) in [6, 6.07) is 0. The van der Waals surface area contributed by atoms with Crippen LogP contribution in [0.2, 0.25) is 0 Å². The third-order valence-electron chi connectivity index (χ3n) is 1.31. The quantitative estimate of drug-likeness (QED) is 0.451. The Morgan fingerprint density at radius 3 is 2.50 bits per heavy atom. The number of hydrogen-bond donors (Lipinski definition) is 0. The van der Waals surface area contributed by atoms with Crippen molar-refractivity contribution in [2.24, 2.45) is 15.9 Å². The largest absolute Gasteiger partial charge is 0.245 e. The van der Waals surface area contributed by atoms with Crippen LogP contribution in [0.25, 0.3) is 0 Å². The van der Waals surface area contributed by atoms with E-state index in [1.807, 2.05) is 13.0 Å². The lowest BCUT2D eigenvalue weighted by molar-refractivity contribution is 0.891. The van der Waals surface area contributed by atoms with Crippen LogP contribution in [0.5, 0.6) is 0 Å². The molecule has 2 heteroatoms. The average Bonchev–Trinajstić information content (AvgIpc) is 2.04. The Morgan fingerprint density at radius 1 is 1.42 bits per heavy atom. The zero-order valence-electron chi connectivity index (χ0n) is 7.99. The van der Waals surface area contributed by atoms with E-state index in [4.69, 9.17) is 0 Å². The van der Waals surface area contributed by atoms with E-state index in [0.29, 0.717) is 5.92 Å². The Kier molecular flexibility index (Phi) is 5.88. The fourth-order valence-corrected chi connectivity index (χ4v) is 0.662. The summed E-state index contributed by atoms with van der Waals surface area (Å²) < 4.78 is 0. The molecule has 0 atom stereocenters. The summed E-state index contributed by atoms with van der Waals surface area (Å²) >= 11 is 0. The molecule has 66 valence electrons. The molecule has 0 aliphatic carbocycles. The standard InChI is InChI=1S/C10H16N2/c1-5-7-11-8-12-10(6-2)9(3)4/h5-9H,2H2,1,3-4H3/b7-5-,11-8?,12-10?. The smallest absolute Gasteiger partial charge is 0.115 e. The predicted octanol–water partition coefficient (Wildman–Crippen LogP) is 2.83. The molecule has 0 aliphatic heterocycles. The van der Waals surface area contributed by atoms with Gasteiger partial charge in [-0.05, 0) is 18.9 Å². The minimum atomic E-state index is 0.402. The summed E-state index contributed by atoms with van der Waals surface area (Å²) in [6.45, 7) is 9.73. The molecule has 0 amide bonds. The molecular weight excluding hydrogens is 148 g/mol. The molecule has 0 N–H and O–H groups in total. The van der Waals surface area contributed by atoms with Crippen LogP contribution in [0.15, 0.2) is 34.9 Å². The Balaban J connectivity index is 4.20. The van der Waals surface area contributed by atoms with E-state index >= 15 is 0 Å². The first-order chi connectivity index (χ1) is 5.72. The summed E-state index contributed by atoms with van der Waals surface area (Å²) in [6.07, 6.45) is 6.85. The van der Waals surface area contributed by atoms with Crippen molar-refractivity contribution in [1.82, 2.24) is 0 Å². The number of allylic oxidation sites excluding steroid dienone is 2. The van der Waals surface area contributed by atoms with Crippen molar-refractivity contribution in [1.29, 1.82) is 0 Å². The lowest BCUT2D eigenvalue weighted by atomic mass is 10.1. The third kappa shape index (κ3) is 4.61. The van der Waals surface area contributed by atoms with Crippen molar-refractivity contribution in [2.75, 3.05) is 0 Å². The van der Waals surface area contributed by atoms with Crippen molar-refractivity contribution in [3.8, 4) is 0 Å². The van der Waals surface area contributed by atoms with Crippen LogP contribution in [0.4, 0.5) is 0 Å². The maximum atomic E-state index is 4.13. The number of nitrogens with zero attached hydrogens (tertiary/aromatic N) is 2. The van der Waals surface area contributed by atoms with Gasteiger partial charge in [0, 0.05) is 11.9 Å². The summed E-state index contributed by atoms with van der Waals surface area (Å²) in [5, 5.41) is 0. The molecule has 2 nitrogen and oxygen atoms in total. The summed E-state index contributed by atoms with van der Waals surface area (Å²) in [7, 11) is 0. The first kappa shape index (κ1) is 10.8. The zero-order chi connectivity index (χ0) is 9.40. The fourth-order valence-electron chi connectivity index (χ4n) is 0.662. The van der Waals surface area contributed by atoms with Crippen LogP contribution in [0.1, 0.15) is 20.8 Å². The number of aliphatic imine (C=N–C) groups is 2. The minimum absolute atomic E-state index is 0.402. The van der Waals surface area contributed by atoms with Gasteiger partial charge in [0.25, 0.3) is 0 Å². The second-order valence-corrected chi connectivity index (χ2v) is 2.66. The van der Waals surface area contributed by atoms with Gasteiger partial charge in [-0.2, -0.15) is 0 Å². The van der Waals surface area contributed by atoms with Crippen molar-refractivity contribution < 1.29 is 0 Å². The second kappa shape index (κ2) is 6.53. The van der Waals surface area contributed by atoms with Crippen LogP contribution in [-0.4, -0.2) is 12.1 Å². The molecule has 0 aromatic carbocycles. The Labute approximate surface area is 74.4 Å². The first-order valence-electron chi connectivity index (χ1n) is 4.05. The molecule has 0 unspecified atom stereocenters. The van der Waals surface area contributed by atoms with Crippen LogP contribution in [0.3, 0.4) is 0 Å². The highest BCUT2D eigenvalue weighted by Gasteiger charge is 1.96. The molecule has 0 bridgehead atoms. The van der Waals surface area contributed by atoms with Crippen molar-refractivity contribution in [3.63, 3.8) is 0 Å². The Hall–Kier alpha value is -1.18. The highest BCUT2D eigenvalue weighted by Crippen LogP contribution is 1.96. The zero-order valence-corrected chi connectivity index (χ0v) is 7.99. The Bertz CT molecular complexity index is 210. The van der Waals surface area contributed by atoms with Crippen molar-refractivity contribution >= 4 is 12.1 Å². The van der Waals surface area contributed by atoms with Gasteiger partial charge in [0.15, 0.2) is 0 Å².